The maximum Gasteiger partial charge on any atom is 0.400 e. The van der Waals surface area contributed by atoms with Crippen molar-refractivity contribution in [1.29, 1.82) is 0 Å². The summed E-state index contributed by atoms with van der Waals surface area (Å²) >= 11 is 0. The van der Waals surface area contributed by atoms with E-state index in [9.17, 15) is 14.4 Å². The molecule has 0 spiro atoms. The lowest BCUT2D eigenvalue weighted by molar-refractivity contribution is -0.0603. The molecule has 2 heterocycles. The fourth-order valence-electron chi connectivity index (χ4n) is 2.28. The molecular weight excluding hydrogens is 288 g/mol. The summed E-state index contributed by atoms with van der Waals surface area (Å²) in [7, 11) is 0. The maximum absolute atomic E-state index is 12.1. The first-order valence-corrected chi connectivity index (χ1v) is 6.81. The standard InChI is InChI=1S/C15H10N2O5/c18-13-9-3-1-2-4-10(9)14(19)17(13)22-15(20)11-7-16-12(21-11)8-5-6-8/h1-4,7-8H,5-6H2. The minimum absolute atomic E-state index is 0.126. The molecule has 2 aliphatic rings. The molecule has 0 radical (unpaired) electrons. The minimum Gasteiger partial charge on any atom is -0.433 e. The first-order chi connectivity index (χ1) is 10.6. The molecule has 2 amide bonds. The highest BCUT2D eigenvalue weighted by Gasteiger charge is 2.39. The van der Waals surface area contributed by atoms with E-state index in [0.29, 0.717) is 11.0 Å². The molecular formula is C15H10N2O5. The van der Waals surface area contributed by atoms with Crippen LogP contribution < -0.4 is 0 Å². The van der Waals surface area contributed by atoms with Crippen LogP contribution in [0.4, 0.5) is 0 Å². The number of aromatic nitrogens is 1. The van der Waals surface area contributed by atoms with Crippen LogP contribution in [-0.2, 0) is 4.84 Å². The summed E-state index contributed by atoms with van der Waals surface area (Å²) in [6.45, 7) is 0. The van der Waals surface area contributed by atoms with E-state index in [4.69, 9.17) is 9.25 Å². The van der Waals surface area contributed by atoms with Crippen molar-refractivity contribution >= 4 is 17.8 Å². The second-order valence-corrected chi connectivity index (χ2v) is 5.17. The fraction of sp³-hybridized carbons (Fsp3) is 0.200. The average molecular weight is 298 g/mol. The first-order valence-electron chi connectivity index (χ1n) is 6.81. The van der Waals surface area contributed by atoms with Crippen molar-refractivity contribution < 1.29 is 23.6 Å². The van der Waals surface area contributed by atoms with E-state index >= 15 is 0 Å². The Balaban J connectivity index is 1.55. The number of carbonyl (C=O) groups excluding carboxylic acids is 3. The number of oxazole rings is 1. The summed E-state index contributed by atoms with van der Waals surface area (Å²) in [5.41, 5.74) is 0.410. The van der Waals surface area contributed by atoms with E-state index in [2.05, 4.69) is 4.98 Å². The fourth-order valence-corrected chi connectivity index (χ4v) is 2.28. The van der Waals surface area contributed by atoms with Gasteiger partial charge in [0.1, 0.15) is 0 Å². The van der Waals surface area contributed by atoms with Gasteiger partial charge in [-0.25, -0.2) is 9.78 Å². The first kappa shape index (κ1) is 12.8. The highest BCUT2D eigenvalue weighted by Crippen LogP contribution is 2.39. The largest absolute Gasteiger partial charge is 0.433 e. The lowest BCUT2D eigenvalue weighted by atomic mass is 10.1. The normalized spacial score (nSPS) is 16.8. The Morgan fingerprint density at radius 3 is 2.41 bits per heavy atom. The monoisotopic (exact) mass is 298 g/mol. The van der Waals surface area contributed by atoms with Crippen molar-refractivity contribution in [2.75, 3.05) is 0 Å². The van der Waals surface area contributed by atoms with Gasteiger partial charge in [0.25, 0.3) is 11.8 Å². The number of benzene rings is 1. The third-order valence-corrected chi connectivity index (χ3v) is 3.58. The van der Waals surface area contributed by atoms with Crippen molar-refractivity contribution in [2.45, 2.75) is 18.8 Å². The van der Waals surface area contributed by atoms with Crippen LogP contribution in [0.1, 0.15) is 55.9 Å². The molecule has 0 saturated heterocycles. The van der Waals surface area contributed by atoms with Crippen LogP contribution >= 0.6 is 0 Å². The van der Waals surface area contributed by atoms with Crippen LogP contribution in [0.3, 0.4) is 0 Å². The number of hydrogen-bond acceptors (Lipinski definition) is 6. The van der Waals surface area contributed by atoms with Crippen LogP contribution in [0.5, 0.6) is 0 Å². The predicted octanol–water partition coefficient (Wildman–Crippen LogP) is 1.92. The number of nitrogens with zero attached hydrogens (tertiary/aromatic N) is 2. The van der Waals surface area contributed by atoms with Gasteiger partial charge in [-0.1, -0.05) is 17.2 Å². The van der Waals surface area contributed by atoms with E-state index in [0.717, 1.165) is 12.8 Å². The number of carbonyl (C=O) groups is 3. The molecule has 0 bridgehead atoms. The summed E-state index contributed by atoms with van der Waals surface area (Å²) in [5, 5.41) is 0.451. The van der Waals surface area contributed by atoms with Crippen LogP contribution in [0, 0.1) is 0 Å². The van der Waals surface area contributed by atoms with Crippen molar-refractivity contribution in [3.8, 4) is 0 Å². The van der Waals surface area contributed by atoms with Gasteiger partial charge in [0.15, 0.2) is 5.89 Å². The van der Waals surface area contributed by atoms with Gasteiger partial charge in [-0.3, -0.25) is 9.59 Å². The Morgan fingerprint density at radius 2 is 1.82 bits per heavy atom. The number of imide groups is 1. The molecule has 1 aliphatic carbocycles. The second kappa shape index (κ2) is 4.52. The van der Waals surface area contributed by atoms with Crippen molar-refractivity contribution in [2.24, 2.45) is 0 Å². The van der Waals surface area contributed by atoms with Gasteiger partial charge in [-0.2, -0.15) is 0 Å². The zero-order valence-electron chi connectivity index (χ0n) is 11.3. The molecule has 1 aliphatic heterocycles. The SMILES string of the molecule is O=C(ON1C(=O)c2ccccc2C1=O)c1cnc(C2CC2)o1. The highest BCUT2D eigenvalue weighted by molar-refractivity contribution is 6.21. The second-order valence-electron chi connectivity index (χ2n) is 5.17. The number of rotatable bonds is 3. The van der Waals surface area contributed by atoms with Gasteiger partial charge in [-0.15, -0.1) is 0 Å². The minimum atomic E-state index is -0.922. The van der Waals surface area contributed by atoms with Crippen LogP contribution in [0.15, 0.2) is 34.9 Å². The molecule has 0 atom stereocenters. The van der Waals surface area contributed by atoms with Crippen LogP contribution in [0.2, 0.25) is 0 Å². The molecule has 1 fully saturated rings. The van der Waals surface area contributed by atoms with Crippen molar-refractivity contribution in [1.82, 2.24) is 10.0 Å². The molecule has 7 heteroatoms. The maximum atomic E-state index is 12.1. The molecule has 22 heavy (non-hydrogen) atoms. The molecule has 1 aromatic carbocycles. The predicted molar refractivity (Wildman–Crippen MR) is 70.8 cm³/mol. The molecule has 4 rings (SSSR count). The van der Waals surface area contributed by atoms with Crippen molar-refractivity contribution in [3.63, 3.8) is 0 Å². The van der Waals surface area contributed by atoms with Gasteiger partial charge in [0.05, 0.1) is 17.3 Å². The zero-order valence-corrected chi connectivity index (χ0v) is 11.3. The van der Waals surface area contributed by atoms with E-state index < -0.39 is 17.8 Å². The zero-order chi connectivity index (χ0) is 15.3. The molecule has 1 saturated carbocycles. The van der Waals surface area contributed by atoms with E-state index in [-0.39, 0.29) is 22.8 Å². The summed E-state index contributed by atoms with van der Waals surface area (Å²) in [5.74, 6) is -1.66. The molecule has 2 aromatic rings. The van der Waals surface area contributed by atoms with Gasteiger partial charge in [0, 0.05) is 5.92 Å². The van der Waals surface area contributed by atoms with Crippen LogP contribution in [0.25, 0.3) is 0 Å². The average Bonchev–Trinajstić information content (AvgIpc) is 3.22. The molecule has 0 unspecified atom stereocenters. The van der Waals surface area contributed by atoms with Gasteiger partial charge < -0.3 is 9.25 Å². The third kappa shape index (κ3) is 1.90. The molecule has 7 nitrogen and oxygen atoms in total. The van der Waals surface area contributed by atoms with E-state index in [1.54, 1.807) is 12.1 Å². The van der Waals surface area contributed by atoms with Gasteiger partial charge >= 0.3 is 5.97 Å². The third-order valence-electron chi connectivity index (χ3n) is 3.58. The quantitative estimate of drug-likeness (QED) is 0.804. The molecule has 1 aromatic heterocycles. The van der Waals surface area contributed by atoms with E-state index in [1.165, 1.54) is 18.3 Å². The summed E-state index contributed by atoms with van der Waals surface area (Å²) in [6.07, 6.45) is 3.20. The van der Waals surface area contributed by atoms with Gasteiger partial charge in [-0.05, 0) is 25.0 Å². The molecule has 110 valence electrons. The summed E-state index contributed by atoms with van der Waals surface area (Å²) in [6, 6.07) is 6.27. The van der Waals surface area contributed by atoms with Gasteiger partial charge in [0.2, 0.25) is 5.76 Å². The Bertz CT molecular complexity index is 771. The summed E-state index contributed by atoms with van der Waals surface area (Å²) in [4.78, 5) is 45.0. The lowest BCUT2D eigenvalue weighted by Crippen LogP contribution is -2.32. The highest BCUT2D eigenvalue weighted by atomic mass is 16.7. The number of hydrogen-bond donors (Lipinski definition) is 0. The number of hydroxylamine groups is 2. The Morgan fingerprint density at radius 1 is 1.18 bits per heavy atom. The Kier molecular flexibility index (Phi) is 2.62. The summed E-state index contributed by atoms with van der Waals surface area (Å²) < 4.78 is 5.29. The van der Waals surface area contributed by atoms with Crippen LogP contribution in [-0.4, -0.2) is 27.8 Å². The Hall–Kier alpha value is -2.96. The number of amides is 2. The number of fused-ring (bicyclic) bond motifs is 1. The van der Waals surface area contributed by atoms with E-state index in [1.807, 2.05) is 0 Å². The Labute approximate surface area is 124 Å². The topological polar surface area (TPSA) is 89.7 Å². The lowest BCUT2D eigenvalue weighted by Gasteiger charge is -2.11. The van der Waals surface area contributed by atoms with Crippen molar-refractivity contribution in [3.05, 3.63) is 53.2 Å². The smallest absolute Gasteiger partial charge is 0.400 e. The molecule has 0 N–H and O–H groups in total.